The molecule has 0 unspecified atom stereocenters. The van der Waals surface area contributed by atoms with E-state index in [-0.39, 0.29) is 12.2 Å². The van der Waals surface area contributed by atoms with Gasteiger partial charge in [-0.2, -0.15) is 10.1 Å². The van der Waals surface area contributed by atoms with Crippen LogP contribution in [0.25, 0.3) is 11.2 Å². The minimum Gasteiger partial charge on any atom is -0.497 e. The number of aromatic nitrogens is 4. The molecule has 3 rings (SSSR count). The minimum atomic E-state index is -0.446. The number of nitrogens with one attached hydrogen (secondary N) is 1. The third-order valence-corrected chi connectivity index (χ3v) is 4.17. The average Bonchev–Trinajstić information content (AvgIpc) is 3.01. The van der Waals surface area contributed by atoms with Crippen molar-refractivity contribution in [3.05, 3.63) is 63.3 Å². The predicted octanol–water partition coefficient (Wildman–Crippen LogP) is 1.07. The number of aryl methyl sites for hydroxylation is 2. The number of ether oxygens (including phenoxy) is 1. The Morgan fingerprint density at radius 2 is 1.93 bits per heavy atom. The van der Waals surface area contributed by atoms with Crippen LogP contribution in [0, 0.1) is 0 Å². The van der Waals surface area contributed by atoms with Crippen molar-refractivity contribution in [1.29, 1.82) is 0 Å². The highest BCUT2D eigenvalue weighted by Gasteiger charge is 2.17. The normalized spacial score (nSPS) is 11.2. The Labute approximate surface area is 154 Å². The highest BCUT2D eigenvalue weighted by Crippen LogP contribution is 2.14. The minimum absolute atomic E-state index is 0.130. The van der Waals surface area contributed by atoms with Gasteiger partial charge in [0.1, 0.15) is 5.75 Å². The van der Waals surface area contributed by atoms with Crippen LogP contribution in [0.2, 0.25) is 0 Å². The molecule has 0 fully saturated rings. The summed E-state index contributed by atoms with van der Waals surface area (Å²) >= 11 is 0. The van der Waals surface area contributed by atoms with Crippen LogP contribution in [-0.2, 0) is 20.6 Å². The zero-order valence-electron chi connectivity index (χ0n) is 15.3. The molecule has 27 heavy (non-hydrogen) atoms. The summed E-state index contributed by atoms with van der Waals surface area (Å²) in [4.78, 5) is 29.3. The van der Waals surface area contributed by atoms with Crippen LogP contribution < -0.4 is 21.4 Å². The number of fused-ring (bicyclic) bond motifs is 1. The fraction of sp³-hybridized carbons (Fsp3) is 0.222. The smallest absolute Gasteiger partial charge is 0.332 e. The predicted molar refractivity (Wildman–Crippen MR) is 105 cm³/mol. The van der Waals surface area contributed by atoms with Gasteiger partial charge in [-0.25, -0.2) is 10.2 Å². The van der Waals surface area contributed by atoms with Crippen LogP contribution in [0.15, 0.2) is 51.6 Å². The molecule has 0 saturated carbocycles. The molecule has 2 heterocycles. The number of nitrogens with zero attached hydrogens (tertiary/aromatic N) is 5. The summed E-state index contributed by atoms with van der Waals surface area (Å²) < 4.78 is 9.13. The molecule has 0 bridgehead atoms. The zero-order chi connectivity index (χ0) is 19.6. The van der Waals surface area contributed by atoms with Gasteiger partial charge >= 0.3 is 5.69 Å². The lowest BCUT2D eigenvalue weighted by Gasteiger charge is -2.06. The van der Waals surface area contributed by atoms with E-state index in [1.807, 2.05) is 24.3 Å². The van der Waals surface area contributed by atoms with Gasteiger partial charge in [0, 0.05) is 20.6 Å². The number of rotatable bonds is 6. The van der Waals surface area contributed by atoms with Gasteiger partial charge in [0.25, 0.3) is 5.56 Å². The summed E-state index contributed by atoms with van der Waals surface area (Å²) in [7, 11) is 4.86. The quantitative estimate of drug-likeness (QED) is 0.399. The van der Waals surface area contributed by atoms with Gasteiger partial charge in [-0.15, -0.1) is 6.58 Å². The molecule has 0 spiro atoms. The first-order chi connectivity index (χ1) is 13.0. The molecule has 2 aromatic heterocycles. The first kappa shape index (κ1) is 18.2. The van der Waals surface area contributed by atoms with Crippen LogP contribution in [-0.4, -0.2) is 32.0 Å². The monoisotopic (exact) mass is 368 g/mol. The van der Waals surface area contributed by atoms with Crippen molar-refractivity contribution in [3.8, 4) is 5.75 Å². The second-order valence-corrected chi connectivity index (χ2v) is 5.86. The van der Waals surface area contributed by atoms with Crippen molar-refractivity contribution in [2.75, 3.05) is 12.5 Å². The van der Waals surface area contributed by atoms with E-state index in [1.165, 1.54) is 10.6 Å². The molecule has 140 valence electrons. The Balaban J connectivity index is 1.97. The van der Waals surface area contributed by atoms with Crippen molar-refractivity contribution >= 4 is 23.3 Å². The van der Waals surface area contributed by atoms with Crippen LogP contribution in [0.3, 0.4) is 0 Å². The van der Waals surface area contributed by atoms with E-state index in [0.717, 1.165) is 15.9 Å². The topological polar surface area (TPSA) is 95.4 Å². The number of methoxy groups -OCH3 is 1. The van der Waals surface area contributed by atoms with Crippen LogP contribution in [0.5, 0.6) is 5.75 Å². The SMILES string of the molecule is C=CCn1c(=O)c2c(nc(N/N=C\c3ccc(OC)cc3)n2C)n(C)c1=O. The van der Waals surface area contributed by atoms with Crippen molar-refractivity contribution < 1.29 is 4.74 Å². The van der Waals surface area contributed by atoms with Gasteiger partial charge in [0.2, 0.25) is 5.95 Å². The number of imidazole rings is 1. The second-order valence-electron chi connectivity index (χ2n) is 5.86. The van der Waals surface area contributed by atoms with Gasteiger partial charge in [-0.3, -0.25) is 13.9 Å². The van der Waals surface area contributed by atoms with E-state index in [1.54, 1.807) is 32.0 Å². The van der Waals surface area contributed by atoms with E-state index in [2.05, 4.69) is 22.1 Å². The molecule has 0 atom stereocenters. The van der Waals surface area contributed by atoms with Crippen molar-refractivity contribution in [3.63, 3.8) is 0 Å². The lowest BCUT2D eigenvalue weighted by atomic mass is 10.2. The molecule has 0 aliphatic rings. The van der Waals surface area contributed by atoms with Crippen LogP contribution in [0.1, 0.15) is 5.56 Å². The van der Waals surface area contributed by atoms with E-state index >= 15 is 0 Å². The maximum Gasteiger partial charge on any atom is 0.332 e. The van der Waals surface area contributed by atoms with E-state index in [0.29, 0.717) is 11.5 Å². The van der Waals surface area contributed by atoms with Crippen molar-refractivity contribution in [1.82, 2.24) is 18.7 Å². The molecular weight excluding hydrogens is 348 g/mol. The molecule has 0 amide bonds. The van der Waals surface area contributed by atoms with Crippen molar-refractivity contribution in [2.24, 2.45) is 19.2 Å². The Morgan fingerprint density at radius 1 is 1.22 bits per heavy atom. The third kappa shape index (κ3) is 3.26. The van der Waals surface area contributed by atoms with E-state index in [9.17, 15) is 9.59 Å². The molecule has 0 aliphatic heterocycles. The Bertz CT molecular complexity index is 1140. The second kappa shape index (κ2) is 7.32. The number of allylic oxidation sites excluding steroid dienone is 1. The fourth-order valence-corrected chi connectivity index (χ4v) is 2.69. The molecule has 0 saturated heterocycles. The summed E-state index contributed by atoms with van der Waals surface area (Å²) in [6.07, 6.45) is 3.12. The lowest BCUT2D eigenvalue weighted by Crippen LogP contribution is -2.39. The lowest BCUT2D eigenvalue weighted by molar-refractivity contribution is 0.415. The third-order valence-electron chi connectivity index (χ3n) is 4.17. The zero-order valence-corrected chi connectivity index (χ0v) is 15.3. The van der Waals surface area contributed by atoms with Crippen molar-refractivity contribution in [2.45, 2.75) is 6.54 Å². The number of anilines is 1. The molecule has 1 N–H and O–H groups in total. The van der Waals surface area contributed by atoms with Gasteiger partial charge in [-0.05, 0) is 29.8 Å². The number of benzene rings is 1. The Hall–Kier alpha value is -3.62. The van der Waals surface area contributed by atoms with Crippen LogP contribution >= 0.6 is 0 Å². The van der Waals surface area contributed by atoms with E-state index < -0.39 is 11.2 Å². The molecule has 1 aromatic carbocycles. The highest BCUT2D eigenvalue weighted by molar-refractivity contribution is 5.80. The van der Waals surface area contributed by atoms with E-state index in [4.69, 9.17) is 4.74 Å². The summed E-state index contributed by atoms with van der Waals surface area (Å²) in [5.74, 6) is 1.10. The number of hydrogen-bond acceptors (Lipinski definition) is 6. The van der Waals surface area contributed by atoms with Gasteiger partial charge in [-0.1, -0.05) is 6.08 Å². The largest absolute Gasteiger partial charge is 0.497 e. The summed E-state index contributed by atoms with van der Waals surface area (Å²) in [5, 5.41) is 4.15. The molecular formula is C18H20N6O3. The highest BCUT2D eigenvalue weighted by atomic mass is 16.5. The van der Waals surface area contributed by atoms with Gasteiger partial charge < -0.3 is 9.30 Å². The number of hydrogen-bond donors (Lipinski definition) is 1. The number of hydrazone groups is 1. The van der Waals surface area contributed by atoms with Gasteiger partial charge in [0.05, 0.1) is 13.3 Å². The summed E-state index contributed by atoms with van der Waals surface area (Å²) in [6, 6.07) is 7.37. The Morgan fingerprint density at radius 3 is 2.56 bits per heavy atom. The maximum absolute atomic E-state index is 12.6. The van der Waals surface area contributed by atoms with Crippen LogP contribution in [0.4, 0.5) is 5.95 Å². The van der Waals surface area contributed by atoms with Gasteiger partial charge in [0.15, 0.2) is 11.2 Å². The standard InChI is InChI=1S/C18H20N6O3/c1-5-10-24-16(25)14-15(23(3)18(24)26)20-17(22(14)2)21-19-11-12-6-8-13(27-4)9-7-12/h5-9,11H,1,10H2,2-4H3,(H,20,21)/b19-11-. The summed E-state index contributed by atoms with van der Waals surface area (Å²) in [5.41, 5.74) is 3.40. The fourth-order valence-electron chi connectivity index (χ4n) is 2.69. The first-order valence-corrected chi connectivity index (χ1v) is 8.18. The Kier molecular flexibility index (Phi) is 4.93. The summed E-state index contributed by atoms with van der Waals surface area (Å²) in [6.45, 7) is 3.72. The molecule has 9 nitrogen and oxygen atoms in total. The molecule has 3 aromatic rings. The molecule has 0 aliphatic carbocycles. The maximum atomic E-state index is 12.6. The molecule has 9 heteroatoms. The average molecular weight is 368 g/mol. The first-order valence-electron chi connectivity index (χ1n) is 8.18. The molecule has 0 radical (unpaired) electrons.